The molecule has 0 bridgehead atoms. The Kier molecular flexibility index (Phi) is 3.38. The van der Waals surface area contributed by atoms with Gasteiger partial charge in [0.1, 0.15) is 11.6 Å². The fraction of sp³-hybridized carbons (Fsp3) is 0.583. The van der Waals surface area contributed by atoms with Crippen LogP contribution in [0.15, 0.2) is 10.9 Å². The Balaban J connectivity index is 2.09. The quantitative estimate of drug-likeness (QED) is 0.881. The molecule has 18 heavy (non-hydrogen) atoms. The zero-order valence-electron chi connectivity index (χ0n) is 10.8. The molecular formula is C12H17N3O2S. The van der Waals surface area contributed by atoms with Gasteiger partial charge < -0.3 is 10.2 Å². The molecule has 1 aromatic rings. The number of piperazine rings is 1. The lowest BCUT2D eigenvalue weighted by Crippen LogP contribution is -2.67. The first kappa shape index (κ1) is 13.0. The summed E-state index contributed by atoms with van der Waals surface area (Å²) in [6.07, 6.45) is 0.683. The van der Waals surface area contributed by atoms with Crippen molar-refractivity contribution in [2.45, 2.75) is 38.8 Å². The minimum Gasteiger partial charge on any atom is -0.340 e. The largest absolute Gasteiger partial charge is 0.340 e. The average molecular weight is 267 g/mol. The number of thiazole rings is 1. The standard InChI is InChI=1S/C12H17N3O2S/c1-8-10(16)14-12(2,3)11(17)15(8)5-4-9-6-18-7-13-9/h6-8H,4-5H2,1-3H3,(H,14,16). The van der Waals surface area contributed by atoms with Crippen molar-refractivity contribution in [3.8, 4) is 0 Å². The zero-order chi connectivity index (χ0) is 13.3. The van der Waals surface area contributed by atoms with Gasteiger partial charge >= 0.3 is 0 Å². The van der Waals surface area contributed by atoms with Gasteiger partial charge in [-0.3, -0.25) is 9.59 Å². The molecule has 0 aliphatic carbocycles. The summed E-state index contributed by atoms with van der Waals surface area (Å²) in [6, 6.07) is -0.413. The Bertz CT molecular complexity index is 456. The number of hydrogen-bond acceptors (Lipinski definition) is 4. The normalized spacial score (nSPS) is 23.1. The van der Waals surface area contributed by atoms with E-state index >= 15 is 0 Å². The van der Waals surface area contributed by atoms with Crippen LogP contribution in [0.5, 0.6) is 0 Å². The molecule has 1 aliphatic heterocycles. The molecule has 1 aromatic heterocycles. The van der Waals surface area contributed by atoms with Gasteiger partial charge in [-0.25, -0.2) is 4.98 Å². The second kappa shape index (κ2) is 4.68. The van der Waals surface area contributed by atoms with Crippen LogP contribution in [-0.4, -0.2) is 39.8 Å². The van der Waals surface area contributed by atoms with Crippen LogP contribution in [0.2, 0.25) is 0 Å². The molecule has 2 rings (SSSR count). The van der Waals surface area contributed by atoms with Gasteiger partial charge in [0.25, 0.3) is 0 Å². The number of hydrogen-bond donors (Lipinski definition) is 1. The summed E-state index contributed by atoms with van der Waals surface area (Å²) in [7, 11) is 0. The predicted octanol–water partition coefficient (Wildman–Crippen LogP) is 0.811. The minimum atomic E-state index is -0.814. The Morgan fingerprint density at radius 3 is 2.83 bits per heavy atom. The van der Waals surface area contributed by atoms with Gasteiger partial charge in [-0.15, -0.1) is 11.3 Å². The van der Waals surface area contributed by atoms with Crippen LogP contribution in [0.3, 0.4) is 0 Å². The Morgan fingerprint density at radius 2 is 2.22 bits per heavy atom. The molecule has 1 fully saturated rings. The van der Waals surface area contributed by atoms with E-state index in [2.05, 4.69) is 10.3 Å². The SMILES string of the molecule is CC1C(=O)NC(C)(C)C(=O)N1CCc1cscn1. The summed E-state index contributed by atoms with van der Waals surface area (Å²) >= 11 is 1.53. The number of carbonyl (C=O) groups excluding carboxylic acids is 2. The summed E-state index contributed by atoms with van der Waals surface area (Å²) in [5.41, 5.74) is 1.92. The van der Waals surface area contributed by atoms with Crippen molar-refractivity contribution in [1.29, 1.82) is 0 Å². The highest BCUT2D eigenvalue weighted by molar-refractivity contribution is 7.07. The number of aromatic nitrogens is 1. The fourth-order valence-electron chi connectivity index (χ4n) is 2.03. The third-order valence-corrected chi connectivity index (χ3v) is 3.81. The highest BCUT2D eigenvalue weighted by atomic mass is 32.1. The van der Waals surface area contributed by atoms with Crippen molar-refractivity contribution in [2.75, 3.05) is 6.54 Å². The monoisotopic (exact) mass is 267 g/mol. The minimum absolute atomic E-state index is 0.0372. The summed E-state index contributed by atoms with van der Waals surface area (Å²) in [5, 5.41) is 4.70. The lowest BCUT2D eigenvalue weighted by Gasteiger charge is -2.41. The van der Waals surface area contributed by atoms with Gasteiger partial charge in [-0.2, -0.15) is 0 Å². The molecule has 1 saturated heterocycles. The first-order valence-electron chi connectivity index (χ1n) is 5.92. The summed E-state index contributed by atoms with van der Waals surface area (Å²) < 4.78 is 0. The molecule has 0 radical (unpaired) electrons. The van der Waals surface area contributed by atoms with E-state index in [0.29, 0.717) is 13.0 Å². The van der Waals surface area contributed by atoms with E-state index in [1.807, 2.05) is 5.38 Å². The van der Waals surface area contributed by atoms with Crippen LogP contribution < -0.4 is 5.32 Å². The smallest absolute Gasteiger partial charge is 0.248 e. The molecule has 2 amide bonds. The molecule has 6 heteroatoms. The molecule has 5 nitrogen and oxygen atoms in total. The number of carbonyl (C=O) groups is 2. The van der Waals surface area contributed by atoms with Gasteiger partial charge in [-0.1, -0.05) is 0 Å². The van der Waals surface area contributed by atoms with Crippen LogP contribution in [0.1, 0.15) is 26.5 Å². The summed E-state index contributed by atoms with van der Waals surface area (Å²) in [4.78, 5) is 29.9. The maximum absolute atomic E-state index is 12.3. The van der Waals surface area contributed by atoms with Crippen LogP contribution >= 0.6 is 11.3 Å². The molecule has 0 saturated carbocycles. The van der Waals surface area contributed by atoms with E-state index in [4.69, 9.17) is 0 Å². The molecule has 1 unspecified atom stereocenters. The van der Waals surface area contributed by atoms with Crippen LogP contribution in [0, 0.1) is 0 Å². The van der Waals surface area contributed by atoms with Gasteiger partial charge in [0, 0.05) is 18.3 Å². The van der Waals surface area contributed by atoms with Crippen molar-refractivity contribution in [2.24, 2.45) is 0 Å². The van der Waals surface area contributed by atoms with Crippen molar-refractivity contribution in [3.05, 3.63) is 16.6 Å². The number of nitrogens with zero attached hydrogens (tertiary/aromatic N) is 2. The Labute approximate surface area is 110 Å². The van der Waals surface area contributed by atoms with E-state index in [1.54, 1.807) is 31.2 Å². The zero-order valence-corrected chi connectivity index (χ0v) is 11.6. The van der Waals surface area contributed by atoms with Gasteiger partial charge in [0.15, 0.2) is 0 Å². The topological polar surface area (TPSA) is 62.3 Å². The third-order valence-electron chi connectivity index (χ3n) is 3.17. The van der Waals surface area contributed by atoms with E-state index < -0.39 is 11.6 Å². The molecule has 1 N–H and O–H groups in total. The first-order valence-corrected chi connectivity index (χ1v) is 6.86. The number of rotatable bonds is 3. The predicted molar refractivity (Wildman–Crippen MR) is 69.2 cm³/mol. The Morgan fingerprint density at radius 1 is 1.50 bits per heavy atom. The van der Waals surface area contributed by atoms with Crippen molar-refractivity contribution in [1.82, 2.24) is 15.2 Å². The second-order valence-corrected chi connectivity index (χ2v) is 5.74. The maximum Gasteiger partial charge on any atom is 0.248 e. The van der Waals surface area contributed by atoms with Crippen LogP contribution in [0.25, 0.3) is 0 Å². The van der Waals surface area contributed by atoms with Gasteiger partial charge in [0.2, 0.25) is 11.8 Å². The van der Waals surface area contributed by atoms with E-state index in [1.165, 1.54) is 11.3 Å². The van der Waals surface area contributed by atoms with Gasteiger partial charge in [0.05, 0.1) is 11.2 Å². The Hall–Kier alpha value is -1.43. The first-order chi connectivity index (χ1) is 8.42. The highest BCUT2D eigenvalue weighted by Gasteiger charge is 2.42. The van der Waals surface area contributed by atoms with Crippen LogP contribution in [-0.2, 0) is 16.0 Å². The third kappa shape index (κ3) is 2.38. The maximum atomic E-state index is 12.3. The molecular weight excluding hydrogens is 250 g/mol. The highest BCUT2D eigenvalue weighted by Crippen LogP contribution is 2.18. The number of nitrogens with one attached hydrogen (secondary N) is 1. The summed E-state index contributed by atoms with van der Waals surface area (Å²) in [6.45, 7) is 5.74. The molecule has 1 atom stereocenters. The second-order valence-electron chi connectivity index (χ2n) is 5.02. The molecule has 1 aliphatic rings. The molecule has 0 aromatic carbocycles. The molecule has 2 heterocycles. The number of amides is 2. The van der Waals surface area contributed by atoms with E-state index in [-0.39, 0.29) is 11.8 Å². The van der Waals surface area contributed by atoms with Crippen molar-refractivity contribution >= 4 is 23.2 Å². The van der Waals surface area contributed by atoms with Gasteiger partial charge in [-0.05, 0) is 20.8 Å². The van der Waals surface area contributed by atoms with E-state index in [0.717, 1.165) is 5.69 Å². The average Bonchev–Trinajstić information content (AvgIpc) is 2.79. The fourth-order valence-corrected chi connectivity index (χ4v) is 2.63. The lowest BCUT2D eigenvalue weighted by molar-refractivity contribution is -0.152. The van der Waals surface area contributed by atoms with Crippen molar-refractivity contribution < 1.29 is 9.59 Å². The lowest BCUT2D eigenvalue weighted by atomic mass is 9.97. The summed E-state index contributed by atoms with van der Waals surface area (Å²) in [5.74, 6) is -0.136. The molecule has 98 valence electrons. The van der Waals surface area contributed by atoms with Crippen molar-refractivity contribution in [3.63, 3.8) is 0 Å². The van der Waals surface area contributed by atoms with Crippen LogP contribution in [0.4, 0.5) is 0 Å². The molecule has 0 spiro atoms. The van der Waals surface area contributed by atoms with E-state index in [9.17, 15) is 9.59 Å².